The quantitative estimate of drug-likeness (QED) is 0.865. The Balaban J connectivity index is 2.51. The van der Waals surface area contributed by atoms with E-state index in [2.05, 4.69) is 0 Å². The minimum atomic E-state index is -1.24. The highest BCUT2D eigenvalue weighted by Gasteiger charge is 2.12. The number of carboxylic acid groups (broad SMARTS) is 1. The van der Waals surface area contributed by atoms with Crippen molar-refractivity contribution in [2.45, 2.75) is 6.92 Å². The second-order valence-corrected chi connectivity index (χ2v) is 4.40. The minimum absolute atomic E-state index is 0.288. The Morgan fingerprint density at radius 1 is 1.38 bits per heavy atom. The van der Waals surface area contributed by atoms with Gasteiger partial charge in [-0.05, 0) is 41.6 Å². The van der Waals surface area contributed by atoms with Gasteiger partial charge in [0.2, 0.25) is 0 Å². The molecular weight excluding hydrogens is 227 g/mol. The zero-order chi connectivity index (χ0) is 11.7. The molecule has 0 saturated heterocycles. The fraction of sp³-hybridized carbons (Fsp3) is 0.0833. The van der Waals surface area contributed by atoms with E-state index in [1.165, 1.54) is 23.5 Å². The summed E-state index contributed by atoms with van der Waals surface area (Å²) in [5.74, 6) is -1.95. The van der Waals surface area contributed by atoms with Gasteiger partial charge >= 0.3 is 5.97 Å². The van der Waals surface area contributed by atoms with E-state index in [4.69, 9.17) is 5.11 Å². The van der Waals surface area contributed by atoms with Crippen molar-refractivity contribution in [1.29, 1.82) is 0 Å². The number of thiophene rings is 1. The molecule has 0 aliphatic rings. The topological polar surface area (TPSA) is 37.3 Å². The van der Waals surface area contributed by atoms with Gasteiger partial charge in [-0.15, -0.1) is 11.3 Å². The van der Waals surface area contributed by atoms with Crippen molar-refractivity contribution in [1.82, 2.24) is 0 Å². The molecule has 4 heteroatoms. The first-order valence-electron chi connectivity index (χ1n) is 4.66. The Labute approximate surface area is 96.0 Å². The first-order valence-corrected chi connectivity index (χ1v) is 5.54. The van der Waals surface area contributed by atoms with E-state index >= 15 is 0 Å². The molecule has 0 unspecified atom stereocenters. The van der Waals surface area contributed by atoms with Gasteiger partial charge in [0.1, 0.15) is 5.82 Å². The van der Waals surface area contributed by atoms with Gasteiger partial charge in [-0.3, -0.25) is 0 Å². The summed E-state index contributed by atoms with van der Waals surface area (Å²) in [6, 6.07) is 6.09. The Bertz CT molecular complexity index is 546. The zero-order valence-electron chi connectivity index (χ0n) is 8.53. The predicted octanol–water partition coefficient (Wildman–Crippen LogP) is 3.56. The van der Waals surface area contributed by atoms with E-state index in [9.17, 15) is 9.18 Å². The summed E-state index contributed by atoms with van der Waals surface area (Å²) in [5, 5.41) is 10.8. The van der Waals surface area contributed by atoms with Crippen molar-refractivity contribution in [2.75, 3.05) is 0 Å². The summed E-state index contributed by atoms with van der Waals surface area (Å²) in [4.78, 5) is 11.7. The average molecular weight is 236 g/mol. The maximum atomic E-state index is 13.2. The van der Waals surface area contributed by atoms with Crippen LogP contribution in [0.25, 0.3) is 10.4 Å². The zero-order valence-corrected chi connectivity index (χ0v) is 9.34. The van der Waals surface area contributed by atoms with Crippen molar-refractivity contribution >= 4 is 17.3 Å². The molecule has 2 rings (SSSR count). The van der Waals surface area contributed by atoms with Crippen LogP contribution in [-0.2, 0) is 0 Å². The maximum Gasteiger partial charge on any atom is 0.338 e. The fourth-order valence-electron chi connectivity index (χ4n) is 1.43. The Hall–Kier alpha value is -1.68. The molecule has 0 spiro atoms. The Morgan fingerprint density at radius 3 is 2.69 bits per heavy atom. The molecule has 1 aromatic carbocycles. The van der Waals surface area contributed by atoms with Crippen LogP contribution < -0.4 is 0 Å². The molecule has 2 aromatic rings. The van der Waals surface area contributed by atoms with E-state index in [1.54, 1.807) is 6.07 Å². The number of aromatic carboxylic acids is 1. The third kappa shape index (κ3) is 1.97. The third-order valence-electron chi connectivity index (χ3n) is 2.21. The van der Waals surface area contributed by atoms with Crippen LogP contribution in [0.15, 0.2) is 29.6 Å². The molecule has 82 valence electrons. The van der Waals surface area contributed by atoms with Crippen LogP contribution in [0, 0.1) is 12.7 Å². The summed E-state index contributed by atoms with van der Waals surface area (Å²) >= 11 is 1.51. The van der Waals surface area contributed by atoms with E-state index in [0.717, 1.165) is 16.0 Å². The Kier molecular flexibility index (Phi) is 2.75. The maximum absolute atomic E-state index is 13.2. The standard InChI is InChI=1S/C12H9FO2S/c1-7-4-11(16-6-7)8-2-3-10(13)9(5-8)12(14)15/h2-6H,1H3,(H,14,15). The molecule has 1 aromatic heterocycles. The molecule has 0 saturated carbocycles. The van der Waals surface area contributed by atoms with E-state index in [1.807, 2.05) is 18.4 Å². The normalized spacial score (nSPS) is 10.4. The average Bonchev–Trinajstić information content (AvgIpc) is 2.65. The molecule has 1 heterocycles. The monoisotopic (exact) mass is 236 g/mol. The molecule has 0 atom stereocenters. The molecule has 0 bridgehead atoms. The lowest BCUT2D eigenvalue weighted by molar-refractivity contribution is 0.0692. The van der Waals surface area contributed by atoms with Gasteiger partial charge in [-0.2, -0.15) is 0 Å². The molecule has 1 N–H and O–H groups in total. The van der Waals surface area contributed by atoms with Crippen LogP contribution >= 0.6 is 11.3 Å². The molecule has 0 aliphatic heterocycles. The van der Waals surface area contributed by atoms with Crippen LogP contribution in [-0.4, -0.2) is 11.1 Å². The summed E-state index contributed by atoms with van der Waals surface area (Å²) in [7, 11) is 0. The number of carboxylic acids is 1. The smallest absolute Gasteiger partial charge is 0.338 e. The summed E-state index contributed by atoms with van der Waals surface area (Å²) in [6.07, 6.45) is 0. The lowest BCUT2D eigenvalue weighted by Gasteiger charge is -2.01. The second-order valence-electron chi connectivity index (χ2n) is 3.49. The van der Waals surface area contributed by atoms with E-state index in [-0.39, 0.29) is 5.56 Å². The van der Waals surface area contributed by atoms with Crippen LogP contribution in [0.2, 0.25) is 0 Å². The van der Waals surface area contributed by atoms with Crippen LogP contribution in [0.5, 0.6) is 0 Å². The highest BCUT2D eigenvalue weighted by Crippen LogP contribution is 2.28. The molecule has 0 amide bonds. The summed E-state index contributed by atoms with van der Waals surface area (Å²) < 4.78 is 13.2. The molecule has 0 radical (unpaired) electrons. The largest absolute Gasteiger partial charge is 0.478 e. The van der Waals surface area contributed by atoms with E-state index in [0.29, 0.717) is 0 Å². The first-order chi connectivity index (χ1) is 7.58. The number of aryl methyl sites for hydroxylation is 1. The number of benzene rings is 1. The van der Waals surface area contributed by atoms with Gasteiger partial charge in [-0.25, -0.2) is 9.18 Å². The number of halogens is 1. The first kappa shape index (κ1) is 10.8. The van der Waals surface area contributed by atoms with Gasteiger partial charge < -0.3 is 5.11 Å². The molecule has 0 fully saturated rings. The summed E-state index contributed by atoms with van der Waals surface area (Å²) in [5.41, 5.74) is 1.56. The van der Waals surface area contributed by atoms with Gasteiger partial charge in [-0.1, -0.05) is 6.07 Å². The Morgan fingerprint density at radius 2 is 2.12 bits per heavy atom. The SMILES string of the molecule is Cc1csc(-c2ccc(F)c(C(=O)O)c2)c1. The highest BCUT2D eigenvalue weighted by atomic mass is 32.1. The number of hydrogen-bond donors (Lipinski definition) is 1. The fourth-order valence-corrected chi connectivity index (χ4v) is 2.32. The summed E-state index contributed by atoms with van der Waals surface area (Å²) in [6.45, 7) is 1.96. The van der Waals surface area contributed by atoms with Crippen LogP contribution in [0.1, 0.15) is 15.9 Å². The number of carbonyl (C=O) groups is 1. The van der Waals surface area contributed by atoms with Crippen molar-refractivity contribution in [3.8, 4) is 10.4 Å². The third-order valence-corrected chi connectivity index (χ3v) is 3.31. The van der Waals surface area contributed by atoms with Crippen molar-refractivity contribution in [3.63, 3.8) is 0 Å². The second kappa shape index (κ2) is 4.06. The minimum Gasteiger partial charge on any atom is -0.478 e. The van der Waals surface area contributed by atoms with E-state index < -0.39 is 11.8 Å². The van der Waals surface area contributed by atoms with Gasteiger partial charge in [0.05, 0.1) is 5.56 Å². The number of hydrogen-bond acceptors (Lipinski definition) is 2. The molecule has 0 aliphatic carbocycles. The lowest BCUT2D eigenvalue weighted by atomic mass is 10.1. The van der Waals surface area contributed by atoms with Crippen LogP contribution in [0.3, 0.4) is 0 Å². The van der Waals surface area contributed by atoms with Crippen molar-refractivity contribution in [3.05, 3.63) is 46.6 Å². The predicted molar refractivity (Wildman–Crippen MR) is 61.4 cm³/mol. The van der Waals surface area contributed by atoms with Crippen molar-refractivity contribution in [2.24, 2.45) is 0 Å². The molecule has 2 nitrogen and oxygen atoms in total. The highest BCUT2D eigenvalue weighted by molar-refractivity contribution is 7.13. The molecular formula is C12H9FO2S. The van der Waals surface area contributed by atoms with Gasteiger partial charge in [0.25, 0.3) is 0 Å². The van der Waals surface area contributed by atoms with Crippen molar-refractivity contribution < 1.29 is 14.3 Å². The number of rotatable bonds is 2. The molecule has 16 heavy (non-hydrogen) atoms. The van der Waals surface area contributed by atoms with Gasteiger partial charge in [0.15, 0.2) is 0 Å². The van der Waals surface area contributed by atoms with Gasteiger partial charge in [0, 0.05) is 4.88 Å². The van der Waals surface area contributed by atoms with Crippen LogP contribution in [0.4, 0.5) is 4.39 Å². The lowest BCUT2D eigenvalue weighted by Crippen LogP contribution is -2.00.